The summed E-state index contributed by atoms with van der Waals surface area (Å²) in [6.45, 7) is 5.92. The summed E-state index contributed by atoms with van der Waals surface area (Å²) in [7, 11) is 0. The average molecular weight is 527 g/mol. The normalized spacial score (nSPS) is 13.7. The second-order valence-corrected chi connectivity index (χ2v) is 9.60. The zero-order chi connectivity index (χ0) is 27.4. The highest BCUT2D eigenvalue weighted by Gasteiger charge is 2.24. The molecule has 0 spiro atoms. The van der Waals surface area contributed by atoms with Crippen molar-refractivity contribution in [2.45, 2.75) is 26.7 Å². The molecule has 0 atom stereocenters. The zero-order valence-corrected chi connectivity index (χ0v) is 22.1. The Morgan fingerprint density at radius 1 is 1.21 bits per heavy atom. The van der Waals surface area contributed by atoms with Crippen molar-refractivity contribution >= 4 is 23.1 Å². The number of carbonyl (C=O) groups is 1. The molecular weight excluding hydrogens is 495 g/mol. The average Bonchev–Trinajstić information content (AvgIpc) is 3.39. The Hall–Kier alpha value is -4.42. The Morgan fingerprint density at radius 2 is 2.03 bits per heavy atom. The van der Waals surface area contributed by atoms with Crippen LogP contribution in [0.15, 0.2) is 55.0 Å². The third-order valence-electron chi connectivity index (χ3n) is 7.09. The van der Waals surface area contributed by atoms with Gasteiger partial charge in [-0.1, -0.05) is 5.92 Å². The minimum atomic E-state index is -0.471. The van der Waals surface area contributed by atoms with E-state index in [1.165, 1.54) is 6.07 Å². The number of fused-ring (bicyclic) bond motifs is 1. The smallest absolute Gasteiger partial charge is 0.254 e. The predicted octanol–water partition coefficient (Wildman–Crippen LogP) is 4.80. The molecule has 1 fully saturated rings. The number of rotatable bonds is 7. The van der Waals surface area contributed by atoms with Crippen LogP contribution in [0, 0.1) is 30.5 Å². The van der Waals surface area contributed by atoms with Crippen molar-refractivity contribution < 1.29 is 13.9 Å². The number of likely N-dealkylation sites (tertiary alicyclic amines) is 1. The van der Waals surface area contributed by atoms with E-state index in [1.54, 1.807) is 37.6 Å². The molecule has 4 aromatic rings. The number of amides is 1. The van der Waals surface area contributed by atoms with Crippen LogP contribution in [0.25, 0.3) is 16.9 Å². The number of imidazole rings is 1. The molecule has 9 heteroatoms. The summed E-state index contributed by atoms with van der Waals surface area (Å²) in [5, 5.41) is 3.32. The van der Waals surface area contributed by atoms with Gasteiger partial charge in [-0.3, -0.25) is 9.20 Å². The summed E-state index contributed by atoms with van der Waals surface area (Å²) in [4.78, 5) is 24.0. The molecule has 2 aromatic heterocycles. The van der Waals surface area contributed by atoms with Crippen molar-refractivity contribution in [1.82, 2.24) is 19.3 Å². The van der Waals surface area contributed by atoms with E-state index in [1.807, 2.05) is 34.4 Å². The molecule has 0 aliphatic carbocycles. The van der Waals surface area contributed by atoms with Crippen molar-refractivity contribution in [3.63, 3.8) is 0 Å². The lowest BCUT2D eigenvalue weighted by Gasteiger charge is -2.31. The fraction of sp³-hybridized carbons (Fsp3) is 0.300. The highest BCUT2D eigenvalue weighted by Crippen LogP contribution is 2.29. The minimum Gasteiger partial charge on any atom is -0.478 e. The minimum absolute atomic E-state index is 0.0505. The summed E-state index contributed by atoms with van der Waals surface area (Å²) in [6.07, 6.45) is 7.01. The maximum Gasteiger partial charge on any atom is 0.254 e. The summed E-state index contributed by atoms with van der Waals surface area (Å²) >= 11 is 0. The van der Waals surface area contributed by atoms with E-state index in [0.717, 1.165) is 37.2 Å². The number of benzene rings is 2. The summed E-state index contributed by atoms with van der Waals surface area (Å²) in [6, 6.07) is 10.5. The molecule has 8 nitrogen and oxygen atoms in total. The number of hydrogen-bond acceptors (Lipinski definition) is 6. The van der Waals surface area contributed by atoms with E-state index < -0.39 is 5.82 Å². The van der Waals surface area contributed by atoms with E-state index in [9.17, 15) is 9.18 Å². The number of nitrogens with two attached hydrogens (primary N) is 1. The highest BCUT2D eigenvalue weighted by molar-refractivity contribution is 5.96. The van der Waals surface area contributed by atoms with Gasteiger partial charge in [0.15, 0.2) is 23.0 Å². The van der Waals surface area contributed by atoms with Gasteiger partial charge in [0, 0.05) is 42.3 Å². The molecule has 3 N–H and O–H groups in total. The summed E-state index contributed by atoms with van der Waals surface area (Å²) in [5.41, 5.74) is 10.1. The molecule has 1 aliphatic heterocycles. The fourth-order valence-corrected chi connectivity index (χ4v) is 4.84. The molecule has 0 unspecified atom stereocenters. The van der Waals surface area contributed by atoms with Crippen LogP contribution < -0.4 is 15.8 Å². The topological polar surface area (TPSA) is 97.8 Å². The SMILES string of the molecule is CC#CCOc1ccc(-c2cnc3c(Nc4ccc(C(=O)N5CCC(CN)CC5)c(C)c4)nccn23)cc1F. The molecule has 1 aliphatic rings. The number of ether oxygens (including phenoxy) is 1. The number of aryl methyl sites for hydroxylation is 1. The Labute approximate surface area is 227 Å². The number of anilines is 2. The van der Waals surface area contributed by atoms with Gasteiger partial charge in [-0.25, -0.2) is 14.4 Å². The van der Waals surface area contributed by atoms with Gasteiger partial charge in [-0.15, -0.1) is 5.92 Å². The van der Waals surface area contributed by atoms with Crippen LogP contribution in [0.2, 0.25) is 0 Å². The van der Waals surface area contributed by atoms with E-state index in [2.05, 4.69) is 27.1 Å². The first-order chi connectivity index (χ1) is 19.0. The molecule has 2 aromatic carbocycles. The largest absolute Gasteiger partial charge is 0.478 e. The van der Waals surface area contributed by atoms with E-state index in [4.69, 9.17) is 10.5 Å². The molecule has 1 amide bonds. The van der Waals surface area contributed by atoms with Crippen LogP contribution in [-0.2, 0) is 0 Å². The number of halogens is 1. The number of nitrogens with zero attached hydrogens (tertiary/aromatic N) is 4. The van der Waals surface area contributed by atoms with Crippen molar-refractivity contribution in [3.8, 4) is 28.8 Å². The van der Waals surface area contributed by atoms with Gasteiger partial charge < -0.3 is 20.7 Å². The van der Waals surface area contributed by atoms with Gasteiger partial charge in [0.05, 0.1) is 11.9 Å². The Kier molecular flexibility index (Phi) is 7.75. The summed E-state index contributed by atoms with van der Waals surface area (Å²) in [5.74, 6) is 6.25. The van der Waals surface area contributed by atoms with Crippen LogP contribution in [0.1, 0.15) is 35.7 Å². The molecule has 200 valence electrons. The first-order valence-electron chi connectivity index (χ1n) is 13.0. The molecule has 3 heterocycles. The quantitative estimate of drug-likeness (QED) is 0.336. The molecule has 5 rings (SSSR count). The lowest BCUT2D eigenvalue weighted by Crippen LogP contribution is -2.40. The highest BCUT2D eigenvalue weighted by atomic mass is 19.1. The van der Waals surface area contributed by atoms with Crippen LogP contribution in [0.5, 0.6) is 5.75 Å². The molecule has 0 bridgehead atoms. The van der Waals surface area contributed by atoms with Crippen LogP contribution >= 0.6 is 0 Å². The predicted molar refractivity (Wildman–Crippen MR) is 149 cm³/mol. The Morgan fingerprint density at radius 3 is 2.74 bits per heavy atom. The van der Waals surface area contributed by atoms with E-state index in [0.29, 0.717) is 40.7 Å². The molecule has 39 heavy (non-hydrogen) atoms. The van der Waals surface area contributed by atoms with Gasteiger partial charge >= 0.3 is 0 Å². The van der Waals surface area contributed by atoms with E-state index >= 15 is 0 Å². The third-order valence-corrected chi connectivity index (χ3v) is 7.09. The van der Waals surface area contributed by atoms with Crippen LogP contribution in [-0.4, -0.2) is 51.4 Å². The molecule has 0 radical (unpaired) electrons. The Bertz CT molecular complexity index is 1560. The number of hydrogen-bond donors (Lipinski definition) is 2. The van der Waals surface area contributed by atoms with Crippen molar-refractivity contribution in [3.05, 3.63) is 71.9 Å². The first-order valence-corrected chi connectivity index (χ1v) is 13.0. The third kappa shape index (κ3) is 5.56. The van der Waals surface area contributed by atoms with Crippen LogP contribution in [0.3, 0.4) is 0 Å². The monoisotopic (exact) mass is 526 g/mol. The van der Waals surface area contributed by atoms with Gasteiger partial charge in [0.25, 0.3) is 5.91 Å². The second-order valence-electron chi connectivity index (χ2n) is 9.60. The number of nitrogens with one attached hydrogen (secondary N) is 1. The van der Waals surface area contributed by atoms with Crippen LogP contribution in [0.4, 0.5) is 15.9 Å². The molecular formula is C30H31FN6O2. The van der Waals surface area contributed by atoms with Gasteiger partial charge in [-0.05, 0) is 81.1 Å². The van der Waals surface area contributed by atoms with Crippen molar-refractivity contribution in [2.24, 2.45) is 11.7 Å². The zero-order valence-electron chi connectivity index (χ0n) is 22.1. The first kappa shape index (κ1) is 26.2. The Balaban J connectivity index is 1.34. The molecule has 1 saturated heterocycles. The number of aromatic nitrogens is 3. The van der Waals surface area contributed by atoms with Gasteiger partial charge in [0.1, 0.15) is 6.61 Å². The van der Waals surface area contributed by atoms with Gasteiger partial charge in [-0.2, -0.15) is 0 Å². The fourth-order valence-electron chi connectivity index (χ4n) is 4.84. The maximum absolute atomic E-state index is 14.7. The van der Waals surface area contributed by atoms with E-state index in [-0.39, 0.29) is 18.3 Å². The standard InChI is InChI=1S/C30H31FN6O2/c1-3-4-15-39-27-8-5-22(17-25(27)31)26-19-34-29-28(33-11-14-37(26)29)35-23-6-7-24(20(2)16-23)30(38)36-12-9-21(18-32)10-13-36/h5-8,11,14,16-17,19,21H,9-10,12-13,15,18,32H2,1-2H3,(H,33,35). The lowest BCUT2D eigenvalue weighted by molar-refractivity contribution is 0.0692. The summed E-state index contributed by atoms with van der Waals surface area (Å²) < 4.78 is 21.9. The lowest BCUT2D eigenvalue weighted by atomic mass is 9.96. The second kappa shape index (κ2) is 11.5. The van der Waals surface area contributed by atoms with Crippen molar-refractivity contribution in [2.75, 3.05) is 31.6 Å². The number of carbonyl (C=O) groups excluding carboxylic acids is 1. The molecule has 0 saturated carbocycles. The number of piperidine rings is 1. The maximum atomic E-state index is 14.7. The van der Waals surface area contributed by atoms with Gasteiger partial charge in [0.2, 0.25) is 0 Å². The van der Waals surface area contributed by atoms with Crippen molar-refractivity contribution in [1.29, 1.82) is 0 Å².